The van der Waals surface area contributed by atoms with Gasteiger partial charge in [0.05, 0.1) is 24.8 Å². The number of Topliss-reactive ketones (excluding diaryl/α,β-unsaturated/α-hetero) is 1. The molecule has 0 spiro atoms. The first-order valence-corrected chi connectivity index (χ1v) is 13.8. The van der Waals surface area contributed by atoms with Crippen molar-refractivity contribution in [3.63, 3.8) is 0 Å². The number of amides is 1. The van der Waals surface area contributed by atoms with Crippen molar-refractivity contribution < 1.29 is 24.2 Å². The third-order valence-corrected chi connectivity index (χ3v) is 6.83. The Morgan fingerprint density at radius 3 is 2.29 bits per heavy atom. The first kappa shape index (κ1) is 29.2. The predicted octanol–water partition coefficient (Wildman–Crippen LogP) is 5.66. The fraction of sp³-hybridized carbons (Fsp3) is 0.484. The van der Waals surface area contributed by atoms with Crippen LogP contribution in [0.15, 0.2) is 54.1 Å². The van der Waals surface area contributed by atoms with E-state index in [9.17, 15) is 14.7 Å². The highest BCUT2D eigenvalue weighted by atomic mass is 16.5. The number of rotatable bonds is 14. The van der Waals surface area contributed by atoms with Gasteiger partial charge in [-0.1, -0.05) is 46.8 Å². The van der Waals surface area contributed by atoms with Gasteiger partial charge in [0.2, 0.25) is 0 Å². The number of likely N-dealkylation sites (tertiary alicyclic amines) is 1. The van der Waals surface area contributed by atoms with E-state index in [1.807, 2.05) is 31.2 Å². The zero-order valence-corrected chi connectivity index (χ0v) is 23.4. The van der Waals surface area contributed by atoms with Crippen LogP contribution in [-0.4, -0.2) is 66.0 Å². The van der Waals surface area contributed by atoms with Crippen molar-refractivity contribution in [3.8, 4) is 11.5 Å². The second kappa shape index (κ2) is 14.0. The van der Waals surface area contributed by atoms with Gasteiger partial charge in [0.1, 0.15) is 17.3 Å². The molecule has 1 unspecified atom stereocenters. The first-order chi connectivity index (χ1) is 18.3. The summed E-state index contributed by atoms with van der Waals surface area (Å²) in [4.78, 5) is 30.4. The van der Waals surface area contributed by atoms with Crippen LogP contribution in [0.4, 0.5) is 0 Å². The van der Waals surface area contributed by atoms with Gasteiger partial charge in [-0.3, -0.25) is 9.59 Å². The lowest BCUT2D eigenvalue weighted by Crippen LogP contribution is -2.38. The van der Waals surface area contributed by atoms with Crippen molar-refractivity contribution in [2.24, 2.45) is 5.92 Å². The monoisotopic (exact) mass is 522 g/mol. The molecule has 1 aliphatic rings. The van der Waals surface area contributed by atoms with Gasteiger partial charge < -0.3 is 24.4 Å². The van der Waals surface area contributed by atoms with Crippen molar-refractivity contribution in [2.45, 2.75) is 53.5 Å². The molecule has 7 nitrogen and oxygen atoms in total. The Kier molecular flexibility index (Phi) is 10.8. The van der Waals surface area contributed by atoms with E-state index in [0.717, 1.165) is 31.5 Å². The topological polar surface area (TPSA) is 79.3 Å². The number of carbonyl (C=O) groups excluding carboxylic acids is 2. The molecule has 1 aliphatic heterocycles. The Morgan fingerprint density at radius 2 is 1.66 bits per heavy atom. The highest BCUT2D eigenvalue weighted by molar-refractivity contribution is 6.46. The van der Waals surface area contributed by atoms with Crippen molar-refractivity contribution in [1.29, 1.82) is 0 Å². The number of nitrogens with zero attached hydrogens (tertiary/aromatic N) is 2. The molecule has 1 fully saturated rings. The smallest absolute Gasteiger partial charge is 0.295 e. The number of likely N-dealkylation sites (N-methyl/N-ethyl adjacent to an activating group) is 1. The molecule has 0 aromatic heterocycles. The fourth-order valence-electron chi connectivity index (χ4n) is 4.52. The summed E-state index contributed by atoms with van der Waals surface area (Å²) in [5.41, 5.74) is 1.29. The van der Waals surface area contributed by atoms with Crippen molar-refractivity contribution >= 4 is 17.4 Å². The molecule has 0 radical (unpaired) electrons. The van der Waals surface area contributed by atoms with Crippen molar-refractivity contribution in [3.05, 3.63) is 65.2 Å². The molecule has 3 rings (SSSR count). The van der Waals surface area contributed by atoms with Crippen molar-refractivity contribution in [2.75, 3.05) is 39.4 Å². The third kappa shape index (κ3) is 7.16. The molecule has 1 atom stereocenters. The number of carbonyl (C=O) groups is 2. The Labute approximate surface area is 227 Å². The average molecular weight is 523 g/mol. The lowest BCUT2D eigenvalue weighted by atomic mass is 9.95. The Balaban J connectivity index is 2.01. The number of hydrogen-bond acceptors (Lipinski definition) is 6. The molecule has 1 amide bonds. The highest BCUT2D eigenvalue weighted by Gasteiger charge is 2.46. The van der Waals surface area contributed by atoms with Gasteiger partial charge in [-0.05, 0) is 73.8 Å². The molecule has 38 heavy (non-hydrogen) atoms. The van der Waals surface area contributed by atoms with Gasteiger partial charge in [-0.25, -0.2) is 0 Å². The van der Waals surface area contributed by atoms with E-state index < -0.39 is 17.7 Å². The standard InChI is InChI=1S/C31H42N2O5/c1-6-19-37-25-14-12-23(13-15-25)29(34)27-28(24-10-9-11-26(21-24)38-20-16-22(4)5)33(31(36)30(27)35)18-17-32(7-2)8-3/h9-15,21-22,28,34H,6-8,16-20H2,1-5H3. The maximum absolute atomic E-state index is 13.4. The molecular weight excluding hydrogens is 480 g/mol. The van der Waals surface area contributed by atoms with Crippen LogP contribution >= 0.6 is 0 Å². The molecule has 1 N–H and O–H groups in total. The normalized spacial score (nSPS) is 17.0. The highest BCUT2D eigenvalue weighted by Crippen LogP contribution is 2.40. The van der Waals surface area contributed by atoms with Gasteiger partial charge in [0.25, 0.3) is 11.7 Å². The second-order valence-electron chi connectivity index (χ2n) is 10.00. The Bertz CT molecular complexity index is 1110. The van der Waals surface area contributed by atoms with E-state index >= 15 is 0 Å². The van der Waals surface area contributed by atoms with Gasteiger partial charge in [0, 0.05) is 18.7 Å². The van der Waals surface area contributed by atoms with Crippen LogP contribution in [-0.2, 0) is 9.59 Å². The van der Waals surface area contributed by atoms with E-state index in [4.69, 9.17) is 9.47 Å². The summed E-state index contributed by atoms with van der Waals surface area (Å²) in [7, 11) is 0. The molecule has 2 aromatic rings. The van der Waals surface area contributed by atoms with Crippen LogP contribution in [0.2, 0.25) is 0 Å². The summed E-state index contributed by atoms with van der Waals surface area (Å²) < 4.78 is 11.6. The van der Waals surface area contributed by atoms with E-state index in [-0.39, 0.29) is 11.3 Å². The quantitative estimate of drug-likeness (QED) is 0.196. The molecule has 0 saturated carbocycles. The van der Waals surface area contributed by atoms with E-state index in [1.54, 1.807) is 29.2 Å². The van der Waals surface area contributed by atoms with Gasteiger partial charge >= 0.3 is 0 Å². The first-order valence-electron chi connectivity index (χ1n) is 13.8. The van der Waals surface area contributed by atoms with E-state index in [2.05, 4.69) is 32.6 Å². The number of hydrogen-bond donors (Lipinski definition) is 1. The van der Waals surface area contributed by atoms with Gasteiger partial charge in [-0.15, -0.1) is 0 Å². The van der Waals surface area contributed by atoms with Crippen LogP contribution in [0.1, 0.15) is 64.6 Å². The van der Waals surface area contributed by atoms with Crippen LogP contribution in [0, 0.1) is 5.92 Å². The Morgan fingerprint density at radius 1 is 0.974 bits per heavy atom. The number of benzene rings is 2. The summed E-state index contributed by atoms with van der Waals surface area (Å²) in [5.74, 6) is 0.416. The molecule has 1 saturated heterocycles. The minimum atomic E-state index is -0.713. The third-order valence-electron chi connectivity index (χ3n) is 6.83. The molecule has 206 valence electrons. The largest absolute Gasteiger partial charge is 0.507 e. The summed E-state index contributed by atoms with van der Waals surface area (Å²) in [5, 5.41) is 11.4. The summed E-state index contributed by atoms with van der Waals surface area (Å²) in [6, 6.07) is 13.7. The predicted molar refractivity (Wildman–Crippen MR) is 150 cm³/mol. The zero-order chi connectivity index (χ0) is 27.7. The van der Waals surface area contributed by atoms with Crippen LogP contribution < -0.4 is 9.47 Å². The lowest BCUT2D eigenvalue weighted by molar-refractivity contribution is -0.140. The van der Waals surface area contributed by atoms with Gasteiger partial charge in [-0.2, -0.15) is 0 Å². The fourth-order valence-corrected chi connectivity index (χ4v) is 4.52. The second-order valence-corrected chi connectivity index (χ2v) is 10.00. The Hall–Kier alpha value is -3.32. The number of aliphatic hydroxyl groups is 1. The molecular formula is C31H42N2O5. The number of ketones is 1. The van der Waals surface area contributed by atoms with E-state index in [0.29, 0.717) is 49.3 Å². The number of ether oxygens (including phenoxy) is 2. The minimum absolute atomic E-state index is 0.0936. The average Bonchev–Trinajstić information content (AvgIpc) is 3.17. The maximum atomic E-state index is 13.4. The molecule has 2 aromatic carbocycles. The zero-order valence-electron chi connectivity index (χ0n) is 23.4. The summed E-state index contributed by atoms with van der Waals surface area (Å²) in [6.07, 6.45) is 1.81. The molecule has 7 heteroatoms. The molecule has 1 heterocycles. The van der Waals surface area contributed by atoms with E-state index in [1.165, 1.54) is 0 Å². The maximum Gasteiger partial charge on any atom is 0.295 e. The molecule has 0 aliphatic carbocycles. The molecule has 0 bridgehead atoms. The minimum Gasteiger partial charge on any atom is -0.507 e. The lowest BCUT2D eigenvalue weighted by Gasteiger charge is -2.28. The van der Waals surface area contributed by atoms with Crippen LogP contribution in [0.25, 0.3) is 5.76 Å². The SMILES string of the molecule is CCCOc1ccc(C(O)=C2C(=O)C(=O)N(CCN(CC)CC)C2c2cccc(OCCC(C)C)c2)cc1. The van der Waals surface area contributed by atoms with Gasteiger partial charge in [0.15, 0.2) is 0 Å². The van der Waals surface area contributed by atoms with Crippen LogP contribution in [0.3, 0.4) is 0 Å². The van der Waals surface area contributed by atoms with Crippen molar-refractivity contribution in [1.82, 2.24) is 9.80 Å². The summed E-state index contributed by atoms with van der Waals surface area (Å²) >= 11 is 0. The van der Waals surface area contributed by atoms with Crippen LogP contribution in [0.5, 0.6) is 11.5 Å². The number of aliphatic hydroxyl groups excluding tert-OH is 1. The summed E-state index contributed by atoms with van der Waals surface area (Å²) in [6.45, 7) is 14.3.